The summed E-state index contributed by atoms with van der Waals surface area (Å²) in [6.07, 6.45) is 2.13. The van der Waals surface area contributed by atoms with Crippen molar-refractivity contribution in [3.05, 3.63) is 0 Å². The first kappa shape index (κ1) is 12.6. The van der Waals surface area contributed by atoms with E-state index in [9.17, 15) is 4.79 Å². The van der Waals surface area contributed by atoms with Gasteiger partial charge in [-0.3, -0.25) is 0 Å². The predicted octanol–water partition coefficient (Wildman–Crippen LogP) is 0.368. The zero-order valence-corrected chi connectivity index (χ0v) is 10.8. The van der Waals surface area contributed by atoms with E-state index in [0.29, 0.717) is 12.5 Å². The topological polar surface area (TPSA) is 44.8 Å². The molecular formula is C12H23N3O2. The Morgan fingerprint density at radius 3 is 2.94 bits per heavy atom. The van der Waals surface area contributed by atoms with Crippen LogP contribution in [0.1, 0.15) is 12.8 Å². The van der Waals surface area contributed by atoms with E-state index in [2.05, 4.69) is 17.3 Å². The van der Waals surface area contributed by atoms with Crippen LogP contribution in [0.2, 0.25) is 0 Å². The van der Waals surface area contributed by atoms with Crippen LogP contribution >= 0.6 is 0 Å². The minimum Gasteiger partial charge on any atom is -0.379 e. The summed E-state index contributed by atoms with van der Waals surface area (Å²) in [5.74, 6) is 0.621. The van der Waals surface area contributed by atoms with Crippen molar-refractivity contribution in [3.63, 3.8) is 0 Å². The Morgan fingerprint density at radius 2 is 2.35 bits per heavy atom. The van der Waals surface area contributed by atoms with Crippen LogP contribution in [0.3, 0.4) is 0 Å². The molecule has 2 fully saturated rings. The molecule has 2 aliphatic rings. The lowest BCUT2D eigenvalue weighted by atomic mass is 10.1. The highest BCUT2D eigenvalue weighted by molar-refractivity contribution is 5.74. The summed E-state index contributed by atoms with van der Waals surface area (Å²) in [6.45, 7) is 4.53. The lowest BCUT2D eigenvalue weighted by Crippen LogP contribution is -2.45. The van der Waals surface area contributed by atoms with Crippen LogP contribution in [-0.2, 0) is 4.74 Å². The van der Waals surface area contributed by atoms with Gasteiger partial charge in [0.2, 0.25) is 0 Å². The number of likely N-dealkylation sites (tertiary alicyclic amines) is 1. The van der Waals surface area contributed by atoms with Gasteiger partial charge in [0, 0.05) is 26.7 Å². The zero-order chi connectivity index (χ0) is 12.3. The average molecular weight is 241 g/mol. The number of amides is 2. The van der Waals surface area contributed by atoms with Crippen LogP contribution < -0.4 is 5.32 Å². The number of carbonyl (C=O) groups excluding carboxylic acids is 1. The molecule has 0 aromatic carbocycles. The maximum atomic E-state index is 11.9. The third-order valence-corrected chi connectivity index (χ3v) is 3.62. The van der Waals surface area contributed by atoms with E-state index < -0.39 is 0 Å². The third kappa shape index (κ3) is 3.57. The zero-order valence-electron chi connectivity index (χ0n) is 10.8. The smallest absolute Gasteiger partial charge is 0.317 e. The lowest BCUT2D eigenvalue weighted by Gasteiger charge is -2.23. The fraction of sp³-hybridized carbons (Fsp3) is 0.917. The van der Waals surface area contributed by atoms with Crippen molar-refractivity contribution in [2.24, 2.45) is 5.92 Å². The number of hydrogen-bond acceptors (Lipinski definition) is 3. The van der Waals surface area contributed by atoms with Crippen molar-refractivity contribution < 1.29 is 9.53 Å². The SMILES string of the molecule is CN1CCC(CN(C)C(=O)NC2CCOC2)C1. The fourth-order valence-electron chi connectivity index (χ4n) is 2.58. The summed E-state index contributed by atoms with van der Waals surface area (Å²) in [5.41, 5.74) is 0. The Hall–Kier alpha value is -0.810. The summed E-state index contributed by atoms with van der Waals surface area (Å²) in [5, 5.41) is 3.01. The van der Waals surface area contributed by atoms with E-state index in [1.807, 2.05) is 11.9 Å². The van der Waals surface area contributed by atoms with Gasteiger partial charge < -0.3 is 19.9 Å². The van der Waals surface area contributed by atoms with Crippen LogP contribution in [0, 0.1) is 5.92 Å². The van der Waals surface area contributed by atoms with Gasteiger partial charge in [-0.1, -0.05) is 0 Å². The molecule has 2 heterocycles. The first-order chi connectivity index (χ1) is 8.15. The van der Waals surface area contributed by atoms with Gasteiger partial charge in [0.15, 0.2) is 0 Å². The molecule has 0 aromatic heterocycles. The maximum Gasteiger partial charge on any atom is 0.317 e. The van der Waals surface area contributed by atoms with Gasteiger partial charge in [-0.25, -0.2) is 4.79 Å². The van der Waals surface area contributed by atoms with E-state index in [1.54, 1.807) is 0 Å². The van der Waals surface area contributed by atoms with Crippen LogP contribution in [0.15, 0.2) is 0 Å². The number of hydrogen-bond donors (Lipinski definition) is 1. The van der Waals surface area contributed by atoms with E-state index in [0.717, 1.165) is 32.7 Å². The van der Waals surface area contributed by atoms with E-state index in [4.69, 9.17) is 4.74 Å². The van der Waals surface area contributed by atoms with Crippen LogP contribution in [0.25, 0.3) is 0 Å². The Balaban J connectivity index is 1.71. The monoisotopic (exact) mass is 241 g/mol. The van der Waals surface area contributed by atoms with Crippen LogP contribution in [-0.4, -0.2) is 68.8 Å². The number of urea groups is 1. The summed E-state index contributed by atoms with van der Waals surface area (Å²) >= 11 is 0. The summed E-state index contributed by atoms with van der Waals surface area (Å²) in [7, 11) is 4.01. The molecule has 2 amide bonds. The van der Waals surface area contributed by atoms with Crippen LogP contribution in [0.4, 0.5) is 4.79 Å². The van der Waals surface area contributed by atoms with Crippen molar-refractivity contribution in [2.45, 2.75) is 18.9 Å². The van der Waals surface area contributed by atoms with Gasteiger partial charge in [0.1, 0.15) is 0 Å². The molecule has 0 bridgehead atoms. The van der Waals surface area contributed by atoms with Crippen LogP contribution in [0.5, 0.6) is 0 Å². The van der Waals surface area contributed by atoms with Gasteiger partial charge in [-0.05, 0) is 32.4 Å². The second-order valence-electron chi connectivity index (χ2n) is 5.31. The van der Waals surface area contributed by atoms with Crippen molar-refractivity contribution >= 4 is 6.03 Å². The lowest BCUT2D eigenvalue weighted by molar-refractivity contribution is 0.179. The summed E-state index contributed by atoms with van der Waals surface area (Å²) in [4.78, 5) is 16.0. The molecule has 17 heavy (non-hydrogen) atoms. The third-order valence-electron chi connectivity index (χ3n) is 3.62. The number of carbonyl (C=O) groups is 1. The van der Waals surface area contributed by atoms with Gasteiger partial charge in [0.05, 0.1) is 12.6 Å². The Morgan fingerprint density at radius 1 is 1.53 bits per heavy atom. The van der Waals surface area contributed by atoms with Gasteiger partial charge in [-0.2, -0.15) is 0 Å². The van der Waals surface area contributed by atoms with Gasteiger partial charge in [0.25, 0.3) is 0 Å². The Kier molecular flexibility index (Phi) is 4.23. The highest BCUT2D eigenvalue weighted by atomic mass is 16.5. The average Bonchev–Trinajstić information content (AvgIpc) is 2.90. The minimum absolute atomic E-state index is 0.0371. The van der Waals surface area contributed by atoms with Gasteiger partial charge >= 0.3 is 6.03 Å². The molecule has 2 aliphatic heterocycles. The number of ether oxygens (including phenoxy) is 1. The first-order valence-electron chi connectivity index (χ1n) is 6.43. The van der Waals surface area contributed by atoms with E-state index in [-0.39, 0.29) is 12.1 Å². The van der Waals surface area contributed by atoms with E-state index >= 15 is 0 Å². The number of nitrogens with zero attached hydrogens (tertiary/aromatic N) is 2. The molecule has 0 aromatic rings. The van der Waals surface area contributed by atoms with Crippen molar-refractivity contribution in [2.75, 3.05) is 46.9 Å². The maximum absolute atomic E-state index is 11.9. The van der Waals surface area contributed by atoms with Gasteiger partial charge in [-0.15, -0.1) is 0 Å². The number of rotatable bonds is 3. The van der Waals surface area contributed by atoms with Crippen molar-refractivity contribution in [3.8, 4) is 0 Å². The molecule has 2 rings (SSSR count). The molecule has 2 saturated heterocycles. The van der Waals surface area contributed by atoms with Crippen molar-refractivity contribution in [1.29, 1.82) is 0 Å². The number of nitrogens with one attached hydrogen (secondary N) is 1. The molecule has 98 valence electrons. The van der Waals surface area contributed by atoms with E-state index in [1.165, 1.54) is 6.42 Å². The predicted molar refractivity (Wildman–Crippen MR) is 66.0 cm³/mol. The largest absolute Gasteiger partial charge is 0.379 e. The molecule has 2 unspecified atom stereocenters. The molecule has 5 heteroatoms. The quantitative estimate of drug-likeness (QED) is 0.776. The highest BCUT2D eigenvalue weighted by Crippen LogP contribution is 2.15. The van der Waals surface area contributed by atoms with Crippen molar-refractivity contribution in [1.82, 2.24) is 15.1 Å². The molecule has 0 saturated carbocycles. The Bertz CT molecular complexity index is 266. The Labute approximate surface area is 103 Å². The second kappa shape index (κ2) is 5.69. The second-order valence-corrected chi connectivity index (χ2v) is 5.31. The first-order valence-corrected chi connectivity index (χ1v) is 6.43. The highest BCUT2D eigenvalue weighted by Gasteiger charge is 2.24. The fourth-order valence-corrected chi connectivity index (χ4v) is 2.58. The molecular weight excluding hydrogens is 218 g/mol. The molecule has 2 atom stereocenters. The summed E-state index contributed by atoms with van der Waals surface area (Å²) < 4.78 is 5.25. The molecule has 0 aliphatic carbocycles. The molecule has 5 nitrogen and oxygen atoms in total. The summed E-state index contributed by atoms with van der Waals surface area (Å²) in [6, 6.07) is 0.242. The standard InChI is InChI=1S/C12H23N3O2/c1-14-5-3-10(7-14)8-15(2)12(16)13-11-4-6-17-9-11/h10-11H,3-9H2,1-2H3,(H,13,16). The minimum atomic E-state index is 0.0371. The normalized spacial score (nSPS) is 29.5. The molecule has 0 spiro atoms. The molecule has 1 N–H and O–H groups in total. The molecule has 0 radical (unpaired) electrons.